The summed E-state index contributed by atoms with van der Waals surface area (Å²) in [6, 6.07) is 8.22. The molecule has 1 amide bonds. The molecular formula is C20H23N3O3S. The van der Waals surface area contributed by atoms with Gasteiger partial charge in [0.15, 0.2) is 11.5 Å². The van der Waals surface area contributed by atoms with Gasteiger partial charge in [-0.05, 0) is 35.7 Å². The van der Waals surface area contributed by atoms with Crippen molar-refractivity contribution in [3.05, 3.63) is 45.1 Å². The molecule has 0 atom stereocenters. The van der Waals surface area contributed by atoms with E-state index in [1.54, 1.807) is 11.3 Å². The van der Waals surface area contributed by atoms with Gasteiger partial charge in [-0.1, -0.05) is 6.07 Å². The first-order chi connectivity index (χ1) is 13.3. The number of fused-ring (bicyclic) bond motifs is 2. The second kappa shape index (κ2) is 7.14. The highest BCUT2D eigenvalue weighted by Gasteiger charge is 2.25. The molecular weight excluding hydrogens is 362 g/mol. The Morgan fingerprint density at radius 1 is 1.11 bits per heavy atom. The molecule has 1 aromatic carbocycles. The number of benzene rings is 1. The zero-order chi connectivity index (χ0) is 18.2. The standard InChI is InChI=1S/C20H23N3O3S/c24-20(19-10-15-11-21-4-3-18(15)27-19)23-7-5-22(6-8-23)12-14-1-2-16-17(9-14)26-13-25-16/h1-2,9-10,21H,3-8,11-13H2. The summed E-state index contributed by atoms with van der Waals surface area (Å²) in [5.74, 6) is 1.85. The molecule has 0 unspecified atom stereocenters. The number of hydrogen-bond donors (Lipinski definition) is 1. The normalized spacial score (nSPS) is 19.2. The summed E-state index contributed by atoms with van der Waals surface area (Å²) >= 11 is 1.68. The molecule has 7 heteroatoms. The topological polar surface area (TPSA) is 54.0 Å². The molecule has 1 aromatic heterocycles. The smallest absolute Gasteiger partial charge is 0.264 e. The van der Waals surface area contributed by atoms with Gasteiger partial charge in [0.2, 0.25) is 6.79 Å². The van der Waals surface area contributed by atoms with Crippen LogP contribution in [-0.4, -0.2) is 55.2 Å². The number of carbonyl (C=O) groups excluding carboxylic acids is 1. The van der Waals surface area contributed by atoms with Gasteiger partial charge in [0.25, 0.3) is 5.91 Å². The molecule has 5 rings (SSSR count). The Labute approximate surface area is 162 Å². The minimum Gasteiger partial charge on any atom is -0.454 e. The van der Waals surface area contributed by atoms with Crippen molar-refractivity contribution in [2.24, 2.45) is 0 Å². The molecule has 6 nitrogen and oxygen atoms in total. The highest BCUT2D eigenvalue weighted by Crippen LogP contribution is 2.33. The van der Waals surface area contributed by atoms with Crippen LogP contribution in [0.5, 0.6) is 11.5 Å². The van der Waals surface area contributed by atoms with Crippen molar-refractivity contribution in [3.8, 4) is 11.5 Å². The van der Waals surface area contributed by atoms with Crippen LogP contribution in [0.25, 0.3) is 0 Å². The van der Waals surface area contributed by atoms with E-state index in [1.807, 2.05) is 11.0 Å². The van der Waals surface area contributed by atoms with Crippen molar-refractivity contribution in [3.63, 3.8) is 0 Å². The first kappa shape index (κ1) is 17.0. The molecule has 2 aromatic rings. The van der Waals surface area contributed by atoms with Crippen molar-refractivity contribution in [1.29, 1.82) is 0 Å². The first-order valence-electron chi connectivity index (χ1n) is 9.49. The molecule has 1 N–H and O–H groups in total. The molecule has 142 valence electrons. The van der Waals surface area contributed by atoms with E-state index in [2.05, 4.69) is 28.4 Å². The quantitative estimate of drug-likeness (QED) is 0.877. The van der Waals surface area contributed by atoms with E-state index in [-0.39, 0.29) is 5.91 Å². The minimum atomic E-state index is 0.192. The summed E-state index contributed by atoms with van der Waals surface area (Å²) in [6.07, 6.45) is 1.04. The van der Waals surface area contributed by atoms with Crippen LogP contribution in [0.4, 0.5) is 0 Å². The maximum atomic E-state index is 12.9. The third-order valence-corrected chi connectivity index (χ3v) is 6.68. The van der Waals surface area contributed by atoms with Gasteiger partial charge in [-0.25, -0.2) is 0 Å². The Morgan fingerprint density at radius 3 is 2.81 bits per heavy atom. The summed E-state index contributed by atoms with van der Waals surface area (Å²) in [7, 11) is 0. The Hall–Kier alpha value is -2.09. The Morgan fingerprint density at radius 2 is 1.96 bits per heavy atom. The summed E-state index contributed by atoms with van der Waals surface area (Å²) < 4.78 is 10.8. The van der Waals surface area contributed by atoms with E-state index >= 15 is 0 Å². The molecule has 1 fully saturated rings. The van der Waals surface area contributed by atoms with Crippen LogP contribution in [0.3, 0.4) is 0 Å². The van der Waals surface area contributed by atoms with E-state index in [1.165, 1.54) is 16.0 Å². The van der Waals surface area contributed by atoms with Crippen LogP contribution < -0.4 is 14.8 Å². The number of rotatable bonds is 3. The fourth-order valence-electron chi connectivity index (χ4n) is 3.92. The van der Waals surface area contributed by atoms with Crippen LogP contribution >= 0.6 is 11.3 Å². The molecule has 0 aliphatic carbocycles. The highest BCUT2D eigenvalue weighted by atomic mass is 32.1. The predicted molar refractivity (Wildman–Crippen MR) is 103 cm³/mol. The fraction of sp³-hybridized carbons (Fsp3) is 0.450. The van der Waals surface area contributed by atoms with Gasteiger partial charge in [-0.2, -0.15) is 0 Å². The molecule has 0 radical (unpaired) electrons. The fourth-order valence-corrected chi connectivity index (χ4v) is 5.07. The molecule has 27 heavy (non-hydrogen) atoms. The summed E-state index contributed by atoms with van der Waals surface area (Å²) in [5, 5.41) is 3.38. The van der Waals surface area contributed by atoms with Gasteiger partial charge in [-0.3, -0.25) is 9.69 Å². The lowest BCUT2D eigenvalue weighted by Crippen LogP contribution is -2.48. The van der Waals surface area contributed by atoms with E-state index in [0.717, 1.165) is 68.6 Å². The number of amides is 1. The first-order valence-corrected chi connectivity index (χ1v) is 10.3. The maximum absolute atomic E-state index is 12.9. The highest BCUT2D eigenvalue weighted by molar-refractivity contribution is 7.14. The van der Waals surface area contributed by atoms with Gasteiger partial charge in [0.1, 0.15) is 0 Å². The van der Waals surface area contributed by atoms with Gasteiger partial charge in [0.05, 0.1) is 4.88 Å². The number of nitrogens with zero attached hydrogens (tertiary/aromatic N) is 2. The van der Waals surface area contributed by atoms with Crippen molar-refractivity contribution in [2.45, 2.75) is 19.5 Å². The minimum absolute atomic E-state index is 0.192. The van der Waals surface area contributed by atoms with Gasteiger partial charge < -0.3 is 19.7 Å². The Balaban J connectivity index is 1.19. The SMILES string of the molecule is O=C(c1cc2c(s1)CCNC2)N1CCN(Cc2ccc3c(c2)OCO3)CC1. The lowest BCUT2D eigenvalue weighted by Gasteiger charge is -2.34. The van der Waals surface area contributed by atoms with Crippen molar-refractivity contribution < 1.29 is 14.3 Å². The second-order valence-corrected chi connectivity index (χ2v) is 8.38. The van der Waals surface area contributed by atoms with Gasteiger partial charge in [-0.15, -0.1) is 11.3 Å². The number of hydrogen-bond acceptors (Lipinski definition) is 6. The molecule has 0 bridgehead atoms. The molecule has 0 spiro atoms. The summed E-state index contributed by atoms with van der Waals surface area (Å²) in [6.45, 7) is 6.44. The van der Waals surface area contributed by atoms with E-state index in [4.69, 9.17) is 9.47 Å². The van der Waals surface area contributed by atoms with Crippen LogP contribution in [0.1, 0.15) is 25.7 Å². The van der Waals surface area contributed by atoms with E-state index in [0.29, 0.717) is 6.79 Å². The third-order valence-electron chi connectivity index (χ3n) is 5.45. The Bertz CT molecular complexity index is 835. The molecule has 3 aliphatic heterocycles. The van der Waals surface area contributed by atoms with Crippen LogP contribution in [0.15, 0.2) is 24.3 Å². The van der Waals surface area contributed by atoms with Crippen LogP contribution in [0, 0.1) is 0 Å². The Kier molecular flexibility index (Phi) is 4.51. The summed E-state index contributed by atoms with van der Waals surface area (Å²) in [4.78, 5) is 19.5. The number of ether oxygens (including phenoxy) is 2. The average Bonchev–Trinajstić information content (AvgIpc) is 3.34. The van der Waals surface area contributed by atoms with E-state index < -0.39 is 0 Å². The van der Waals surface area contributed by atoms with Crippen LogP contribution in [0.2, 0.25) is 0 Å². The monoisotopic (exact) mass is 385 g/mol. The van der Waals surface area contributed by atoms with E-state index in [9.17, 15) is 4.79 Å². The number of nitrogens with one attached hydrogen (secondary N) is 1. The zero-order valence-corrected chi connectivity index (χ0v) is 16.0. The van der Waals surface area contributed by atoms with Crippen molar-refractivity contribution in [2.75, 3.05) is 39.5 Å². The third kappa shape index (κ3) is 3.42. The molecule has 3 aliphatic rings. The molecule has 1 saturated heterocycles. The average molecular weight is 385 g/mol. The predicted octanol–water partition coefficient (Wildman–Crippen LogP) is 2.08. The number of thiophene rings is 1. The molecule has 0 saturated carbocycles. The van der Waals surface area contributed by atoms with Gasteiger partial charge in [0, 0.05) is 50.7 Å². The molecule has 4 heterocycles. The van der Waals surface area contributed by atoms with Crippen molar-refractivity contribution >= 4 is 17.2 Å². The zero-order valence-electron chi connectivity index (χ0n) is 15.2. The van der Waals surface area contributed by atoms with Gasteiger partial charge >= 0.3 is 0 Å². The second-order valence-electron chi connectivity index (χ2n) is 7.24. The largest absolute Gasteiger partial charge is 0.454 e. The van der Waals surface area contributed by atoms with Crippen molar-refractivity contribution in [1.82, 2.24) is 15.1 Å². The maximum Gasteiger partial charge on any atom is 0.264 e. The van der Waals surface area contributed by atoms with Crippen LogP contribution in [-0.2, 0) is 19.5 Å². The number of carbonyl (C=O) groups is 1. The number of piperazine rings is 1. The lowest BCUT2D eigenvalue weighted by molar-refractivity contribution is 0.0633. The summed E-state index contributed by atoms with van der Waals surface area (Å²) in [5.41, 5.74) is 2.52. The lowest BCUT2D eigenvalue weighted by atomic mass is 10.1.